The fourth-order valence-electron chi connectivity index (χ4n) is 2.96. The number of carbonyl (C=O) groups is 2. The molecule has 0 unspecified atom stereocenters. The number of benzene rings is 2. The highest BCUT2D eigenvalue weighted by molar-refractivity contribution is 7.99. The van der Waals surface area contributed by atoms with Crippen LogP contribution >= 0.6 is 11.8 Å². The molecule has 0 spiro atoms. The van der Waals surface area contributed by atoms with Crippen molar-refractivity contribution >= 4 is 23.6 Å². The van der Waals surface area contributed by atoms with Gasteiger partial charge in [0, 0.05) is 18.8 Å². The first-order chi connectivity index (χ1) is 14.3. The van der Waals surface area contributed by atoms with Crippen molar-refractivity contribution in [3.8, 4) is 0 Å². The molecule has 0 aromatic heterocycles. The third-order valence-corrected chi connectivity index (χ3v) is 5.68. The topological polar surface area (TPSA) is 49.4 Å². The van der Waals surface area contributed by atoms with Gasteiger partial charge in [-0.15, -0.1) is 11.8 Å². The molecule has 2 aromatic carbocycles. The minimum absolute atomic E-state index is 0.107. The van der Waals surface area contributed by atoms with Gasteiger partial charge >= 0.3 is 0 Å². The molecular formula is C24H31FN2O2S. The van der Waals surface area contributed by atoms with Crippen LogP contribution in [0, 0.1) is 18.7 Å². The van der Waals surface area contributed by atoms with E-state index in [4.69, 9.17) is 0 Å². The average molecular weight is 431 g/mol. The molecule has 0 aliphatic heterocycles. The maximum Gasteiger partial charge on any atom is 0.242 e. The number of halogens is 1. The minimum atomic E-state index is -0.610. The zero-order valence-corrected chi connectivity index (χ0v) is 19.0. The number of hydrogen-bond acceptors (Lipinski definition) is 3. The summed E-state index contributed by atoms with van der Waals surface area (Å²) in [5.74, 6) is 0.718. The Labute approximate surface area is 183 Å². The summed E-state index contributed by atoms with van der Waals surface area (Å²) in [6.45, 7) is 8.65. The van der Waals surface area contributed by atoms with E-state index in [1.807, 2.05) is 39.0 Å². The van der Waals surface area contributed by atoms with E-state index in [2.05, 4.69) is 11.4 Å². The predicted molar refractivity (Wildman–Crippen MR) is 122 cm³/mol. The van der Waals surface area contributed by atoms with Gasteiger partial charge in [0.05, 0.1) is 5.75 Å². The van der Waals surface area contributed by atoms with E-state index in [1.54, 1.807) is 24.0 Å². The Morgan fingerprint density at radius 3 is 2.40 bits per heavy atom. The van der Waals surface area contributed by atoms with Gasteiger partial charge in [0.1, 0.15) is 11.9 Å². The SMILES string of the molecule is Cc1cccc(CSCC(=O)N(Cc2ccc(F)cc2)[C@@H](C)C(=O)NCC(C)C)c1. The monoisotopic (exact) mass is 430 g/mol. The highest BCUT2D eigenvalue weighted by Crippen LogP contribution is 2.17. The van der Waals surface area contributed by atoms with E-state index >= 15 is 0 Å². The highest BCUT2D eigenvalue weighted by atomic mass is 32.2. The van der Waals surface area contributed by atoms with Gasteiger partial charge in [-0.05, 0) is 43.0 Å². The van der Waals surface area contributed by atoms with Crippen molar-refractivity contribution in [1.82, 2.24) is 10.2 Å². The van der Waals surface area contributed by atoms with Gasteiger partial charge < -0.3 is 10.2 Å². The molecule has 4 nitrogen and oxygen atoms in total. The van der Waals surface area contributed by atoms with E-state index in [-0.39, 0.29) is 29.9 Å². The van der Waals surface area contributed by atoms with Gasteiger partial charge in [0.15, 0.2) is 0 Å². The number of hydrogen-bond donors (Lipinski definition) is 1. The number of carbonyl (C=O) groups excluding carboxylic acids is 2. The predicted octanol–water partition coefficient (Wildman–Crippen LogP) is 4.56. The van der Waals surface area contributed by atoms with Gasteiger partial charge in [-0.2, -0.15) is 0 Å². The Morgan fingerprint density at radius 2 is 1.77 bits per heavy atom. The highest BCUT2D eigenvalue weighted by Gasteiger charge is 2.26. The first kappa shape index (κ1) is 23.9. The number of thioether (sulfide) groups is 1. The molecule has 0 aliphatic rings. The minimum Gasteiger partial charge on any atom is -0.354 e. The quantitative estimate of drug-likeness (QED) is 0.601. The van der Waals surface area contributed by atoms with Crippen LogP contribution in [0.5, 0.6) is 0 Å². The van der Waals surface area contributed by atoms with Gasteiger partial charge in [-0.25, -0.2) is 4.39 Å². The van der Waals surface area contributed by atoms with E-state index in [0.717, 1.165) is 11.3 Å². The zero-order valence-electron chi connectivity index (χ0n) is 18.2. The molecule has 6 heteroatoms. The lowest BCUT2D eigenvalue weighted by molar-refractivity contribution is -0.138. The normalized spacial score (nSPS) is 11.9. The van der Waals surface area contributed by atoms with Crippen LogP contribution in [-0.4, -0.2) is 35.1 Å². The van der Waals surface area contributed by atoms with Crippen LogP contribution in [0.3, 0.4) is 0 Å². The number of nitrogens with one attached hydrogen (secondary N) is 1. The molecule has 0 heterocycles. The third kappa shape index (κ3) is 7.82. The lowest BCUT2D eigenvalue weighted by Gasteiger charge is -2.29. The molecule has 1 atom stereocenters. The summed E-state index contributed by atoms with van der Waals surface area (Å²) in [6, 6.07) is 13.6. The molecule has 0 radical (unpaired) electrons. The van der Waals surface area contributed by atoms with E-state index < -0.39 is 6.04 Å². The van der Waals surface area contributed by atoms with Crippen LogP contribution in [0.2, 0.25) is 0 Å². The van der Waals surface area contributed by atoms with Crippen LogP contribution in [0.25, 0.3) is 0 Å². The Hall–Kier alpha value is -2.34. The smallest absolute Gasteiger partial charge is 0.242 e. The Kier molecular flexibility index (Phi) is 9.37. The van der Waals surface area contributed by atoms with Gasteiger partial charge in [0.25, 0.3) is 0 Å². The number of nitrogens with zero attached hydrogens (tertiary/aromatic N) is 1. The standard InChI is InChI=1S/C24H31FN2O2S/c1-17(2)13-26-24(29)19(4)27(14-20-8-10-22(25)11-9-20)23(28)16-30-15-21-7-5-6-18(3)12-21/h5-12,17,19H,13-16H2,1-4H3,(H,26,29)/t19-/m0/s1. The fourth-order valence-corrected chi connectivity index (χ4v) is 3.82. The molecule has 30 heavy (non-hydrogen) atoms. The molecule has 2 rings (SSSR count). The molecule has 2 amide bonds. The Bertz CT molecular complexity index is 839. The van der Waals surface area contributed by atoms with Crippen molar-refractivity contribution in [2.24, 2.45) is 5.92 Å². The molecule has 1 N–H and O–H groups in total. The van der Waals surface area contributed by atoms with Crippen molar-refractivity contribution in [2.75, 3.05) is 12.3 Å². The molecule has 162 valence electrons. The molecule has 0 bridgehead atoms. The van der Waals surface area contributed by atoms with Gasteiger partial charge in [0.2, 0.25) is 11.8 Å². The van der Waals surface area contributed by atoms with E-state index in [1.165, 1.54) is 35.0 Å². The third-order valence-electron chi connectivity index (χ3n) is 4.69. The average Bonchev–Trinajstić information content (AvgIpc) is 2.71. The maximum atomic E-state index is 13.3. The zero-order chi connectivity index (χ0) is 22.1. The summed E-state index contributed by atoms with van der Waals surface area (Å²) < 4.78 is 13.3. The molecular weight excluding hydrogens is 399 g/mol. The fraction of sp³-hybridized carbons (Fsp3) is 0.417. The summed E-state index contributed by atoms with van der Waals surface area (Å²) in [5.41, 5.74) is 3.14. The van der Waals surface area contributed by atoms with Crippen LogP contribution in [0.4, 0.5) is 4.39 Å². The van der Waals surface area contributed by atoms with Crippen molar-refractivity contribution in [1.29, 1.82) is 0 Å². The number of amides is 2. The van der Waals surface area contributed by atoms with E-state index in [9.17, 15) is 14.0 Å². The molecule has 0 saturated heterocycles. The van der Waals surface area contributed by atoms with Crippen LogP contribution < -0.4 is 5.32 Å². The molecule has 2 aromatic rings. The summed E-state index contributed by atoms with van der Waals surface area (Å²) in [4.78, 5) is 27.2. The second-order valence-electron chi connectivity index (χ2n) is 7.94. The lowest BCUT2D eigenvalue weighted by Crippen LogP contribution is -2.48. The first-order valence-electron chi connectivity index (χ1n) is 10.2. The summed E-state index contributed by atoms with van der Waals surface area (Å²) >= 11 is 1.53. The summed E-state index contributed by atoms with van der Waals surface area (Å²) in [7, 11) is 0. The van der Waals surface area contributed by atoms with Crippen LogP contribution in [0.1, 0.15) is 37.5 Å². The Balaban J connectivity index is 2.05. The van der Waals surface area contributed by atoms with Crippen molar-refractivity contribution in [3.05, 3.63) is 71.0 Å². The van der Waals surface area contributed by atoms with Crippen molar-refractivity contribution in [3.63, 3.8) is 0 Å². The molecule has 0 fully saturated rings. The largest absolute Gasteiger partial charge is 0.354 e. The lowest BCUT2D eigenvalue weighted by atomic mass is 10.1. The summed E-state index contributed by atoms with van der Waals surface area (Å²) in [6.07, 6.45) is 0. The van der Waals surface area contributed by atoms with Crippen LogP contribution in [-0.2, 0) is 21.9 Å². The van der Waals surface area contributed by atoms with Gasteiger partial charge in [-0.1, -0.05) is 55.8 Å². The van der Waals surface area contributed by atoms with Gasteiger partial charge in [-0.3, -0.25) is 9.59 Å². The second-order valence-corrected chi connectivity index (χ2v) is 8.93. The van der Waals surface area contributed by atoms with Crippen molar-refractivity contribution < 1.29 is 14.0 Å². The Morgan fingerprint density at radius 1 is 1.07 bits per heavy atom. The number of aryl methyl sites for hydroxylation is 1. The first-order valence-corrected chi connectivity index (χ1v) is 11.4. The van der Waals surface area contributed by atoms with Crippen molar-refractivity contribution in [2.45, 2.75) is 46.0 Å². The van der Waals surface area contributed by atoms with Crippen LogP contribution in [0.15, 0.2) is 48.5 Å². The number of rotatable bonds is 10. The molecule has 0 aliphatic carbocycles. The second kappa shape index (κ2) is 11.7. The van der Waals surface area contributed by atoms with E-state index in [0.29, 0.717) is 12.5 Å². The molecule has 0 saturated carbocycles. The maximum absolute atomic E-state index is 13.3. The summed E-state index contributed by atoms with van der Waals surface area (Å²) in [5, 5.41) is 2.90.